The molecule has 0 unspecified atom stereocenters. The lowest BCUT2D eigenvalue weighted by atomic mass is 10.2. The first-order valence-corrected chi connectivity index (χ1v) is 7.90. The predicted octanol–water partition coefficient (Wildman–Crippen LogP) is 1.93. The standard InChI is InChI=1S/C12H13N3O3S/c1-19(2)10(15(17)18)8-13-12(19)14-11(16)9-6-4-3-5-7-9/h3-8H,1-2H3,(H,13,14,16). The summed E-state index contributed by atoms with van der Waals surface area (Å²) in [5, 5.41) is 14.0. The van der Waals surface area contributed by atoms with Crippen LogP contribution in [-0.2, 0) is 0 Å². The Morgan fingerprint density at radius 1 is 1.32 bits per heavy atom. The van der Waals surface area contributed by atoms with Gasteiger partial charge in [0.2, 0.25) is 0 Å². The summed E-state index contributed by atoms with van der Waals surface area (Å²) in [6, 6.07) is 8.67. The van der Waals surface area contributed by atoms with Crippen molar-refractivity contribution in [2.24, 2.45) is 4.99 Å². The van der Waals surface area contributed by atoms with E-state index >= 15 is 0 Å². The maximum absolute atomic E-state index is 12.0. The number of hydrogen-bond donors (Lipinski definition) is 1. The maximum Gasteiger partial charge on any atom is 0.310 e. The van der Waals surface area contributed by atoms with Crippen molar-refractivity contribution in [2.75, 3.05) is 12.5 Å². The van der Waals surface area contributed by atoms with E-state index in [1.807, 2.05) is 6.07 Å². The van der Waals surface area contributed by atoms with Gasteiger partial charge in [0.1, 0.15) is 6.20 Å². The molecule has 0 spiro atoms. The zero-order chi connectivity index (χ0) is 14.0. The van der Waals surface area contributed by atoms with Crippen molar-refractivity contribution in [1.29, 1.82) is 0 Å². The fraction of sp³-hybridized carbons (Fsp3) is 0.167. The van der Waals surface area contributed by atoms with Gasteiger partial charge in [0.05, 0.1) is 4.92 Å². The molecule has 1 aromatic rings. The van der Waals surface area contributed by atoms with Crippen LogP contribution in [0.2, 0.25) is 0 Å². The molecule has 0 bridgehead atoms. The second kappa shape index (κ2) is 4.85. The Labute approximate surface area is 111 Å². The summed E-state index contributed by atoms with van der Waals surface area (Å²) >= 11 is 0. The molecule has 0 aliphatic carbocycles. The summed E-state index contributed by atoms with van der Waals surface area (Å²) in [6.07, 6.45) is 4.69. The van der Waals surface area contributed by atoms with E-state index in [9.17, 15) is 14.9 Å². The summed E-state index contributed by atoms with van der Waals surface area (Å²) in [4.78, 5) is 26.4. The molecule has 1 heterocycles. The van der Waals surface area contributed by atoms with Gasteiger partial charge in [0.15, 0.2) is 5.17 Å². The van der Waals surface area contributed by atoms with Crippen LogP contribution >= 0.6 is 10.0 Å². The van der Waals surface area contributed by atoms with Crippen LogP contribution in [0.25, 0.3) is 0 Å². The van der Waals surface area contributed by atoms with E-state index in [0.29, 0.717) is 10.7 Å². The molecule has 0 aromatic heterocycles. The molecule has 1 N–H and O–H groups in total. The lowest BCUT2D eigenvalue weighted by molar-refractivity contribution is -0.411. The van der Waals surface area contributed by atoms with Crippen LogP contribution < -0.4 is 5.32 Å². The third kappa shape index (κ3) is 2.50. The largest absolute Gasteiger partial charge is 0.310 e. The van der Waals surface area contributed by atoms with E-state index in [-0.39, 0.29) is 10.9 Å². The molecule has 100 valence electrons. The van der Waals surface area contributed by atoms with Gasteiger partial charge in [-0.1, -0.05) is 28.2 Å². The highest BCUT2D eigenvalue weighted by Crippen LogP contribution is 2.52. The molecule has 1 aliphatic rings. The van der Waals surface area contributed by atoms with Gasteiger partial charge < -0.3 is 5.32 Å². The van der Waals surface area contributed by atoms with E-state index in [1.54, 1.807) is 36.8 Å². The molecule has 1 aromatic carbocycles. The van der Waals surface area contributed by atoms with Gasteiger partial charge in [-0.05, 0) is 24.6 Å². The molecule has 0 atom stereocenters. The fourth-order valence-corrected chi connectivity index (χ4v) is 3.18. The Morgan fingerprint density at radius 3 is 2.47 bits per heavy atom. The summed E-state index contributed by atoms with van der Waals surface area (Å²) in [7, 11) is -1.85. The van der Waals surface area contributed by atoms with Crippen molar-refractivity contribution in [3.63, 3.8) is 0 Å². The monoisotopic (exact) mass is 279 g/mol. The summed E-state index contributed by atoms with van der Waals surface area (Å²) < 4.78 is 0. The molecule has 6 nitrogen and oxygen atoms in total. The van der Waals surface area contributed by atoms with Crippen molar-refractivity contribution in [3.05, 3.63) is 57.2 Å². The first kappa shape index (κ1) is 13.3. The van der Waals surface area contributed by atoms with Crippen molar-refractivity contribution >= 4 is 21.1 Å². The van der Waals surface area contributed by atoms with Crippen LogP contribution in [0.15, 0.2) is 46.6 Å². The second-order valence-corrected chi connectivity index (χ2v) is 7.76. The van der Waals surface area contributed by atoms with Crippen LogP contribution in [0.1, 0.15) is 10.4 Å². The number of carbonyl (C=O) groups excluding carboxylic acids is 1. The van der Waals surface area contributed by atoms with Gasteiger partial charge in [0.25, 0.3) is 5.91 Å². The van der Waals surface area contributed by atoms with E-state index in [4.69, 9.17) is 0 Å². The Balaban J connectivity index is 2.15. The SMILES string of the molecule is CS1(C)C([N+](=O)[O-])=CN=C1NC(=O)c1ccccc1. The second-order valence-electron chi connectivity index (χ2n) is 4.31. The number of amides is 1. The average molecular weight is 279 g/mol. The first-order chi connectivity index (χ1) is 8.93. The lowest BCUT2D eigenvalue weighted by Crippen LogP contribution is -2.33. The van der Waals surface area contributed by atoms with E-state index in [0.717, 1.165) is 0 Å². The van der Waals surface area contributed by atoms with Crippen molar-refractivity contribution in [2.45, 2.75) is 0 Å². The van der Waals surface area contributed by atoms with Crippen LogP contribution in [-0.4, -0.2) is 28.5 Å². The molecular formula is C12H13N3O3S. The predicted molar refractivity (Wildman–Crippen MR) is 75.9 cm³/mol. The zero-order valence-corrected chi connectivity index (χ0v) is 11.3. The van der Waals surface area contributed by atoms with Crippen LogP contribution in [0, 0.1) is 10.1 Å². The molecule has 1 amide bonds. The lowest BCUT2D eigenvalue weighted by Gasteiger charge is -2.24. The number of amidine groups is 1. The number of carbonyl (C=O) groups is 1. The quantitative estimate of drug-likeness (QED) is 0.663. The molecule has 0 saturated heterocycles. The number of rotatable bonds is 2. The van der Waals surface area contributed by atoms with Gasteiger partial charge in [-0.25, -0.2) is 4.99 Å². The maximum atomic E-state index is 12.0. The summed E-state index contributed by atoms with van der Waals surface area (Å²) in [5.41, 5.74) is 0.495. The highest BCUT2D eigenvalue weighted by molar-refractivity contribution is 8.47. The third-order valence-electron chi connectivity index (χ3n) is 2.73. The Kier molecular flexibility index (Phi) is 3.39. The van der Waals surface area contributed by atoms with Crippen LogP contribution in [0.3, 0.4) is 0 Å². The van der Waals surface area contributed by atoms with Gasteiger partial charge >= 0.3 is 5.03 Å². The van der Waals surface area contributed by atoms with E-state index in [1.165, 1.54) is 6.20 Å². The van der Waals surface area contributed by atoms with Crippen LogP contribution in [0.4, 0.5) is 0 Å². The molecule has 19 heavy (non-hydrogen) atoms. The normalized spacial score (nSPS) is 18.2. The number of nitrogens with one attached hydrogen (secondary N) is 1. The molecular weight excluding hydrogens is 266 g/mol. The molecule has 7 heteroatoms. The van der Waals surface area contributed by atoms with Crippen molar-refractivity contribution in [1.82, 2.24) is 5.32 Å². The minimum absolute atomic E-state index is 0.0517. The zero-order valence-electron chi connectivity index (χ0n) is 10.5. The van der Waals surface area contributed by atoms with Gasteiger partial charge in [-0.15, -0.1) is 0 Å². The Hall–Kier alpha value is -2.15. The van der Waals surface area contributed by atoms with Gasteiger partial charge in [0, 0.05) is 5.56 Å². The van der Waals surface area contributed by atoms with Crippen molar-refractivity contribution in [3.8, 4) is 0 Å². The van der Waals surface area contributed by atoms with Crippen molar-refractivity contribution < 1.29 is 9.72 Å². The highest BCUT2D eigenvalue weighted by Gasteiger charge is 2.38. The minimum atomic E-state index is -1.85. The number of hydrogen-bond acceptors (Lipinski definition) is 4. The summed E-state index contributed by atoms with van der Waals surface area (Å²) in [6.45, 7) is 0. The minimum Gasteiger partial charge on any atom is -0.302 e. The Morgan fingerprint density at radius 2 is 1.95 bits per heavy atom. The molecule has 2 rings (SSSR count). The average Bonchev–Trinajstić information content (AvgIpc) is 2.66. The Bertz CT molecular complexity index is 593. The summed E-state index contributed by atoms with van der Waals surface area (Å²) in [5.74, 6) is -0.307. The molecule has 1 aliphatic heterocycles. The van der Waals surface area contributed by atoms with Gasteiger partial charge in [-0.2, -0.15) is 0 Å². The third-order valence-corrected chi connectivity index (χ3v) is 5.21. The molecule has 0 saturated carbocycles. The number of nitro groups is 1. The molecule has 0 fully saturated rings. The number of nitrogens with zero attached hydrogens (tertiary/aromatic N) is 2. The van der Waals surface area contributed by atoms with E-state index < -0.39 is 15.0 Å². The smallest absolute Gasteiger partial charge is 0.302 e. The van der Waals surface area contributed by atoms with Gasteiger partial charge in [-0.3, -0.25) is 14.9 Å². The topological polar surface area (TPSA) is 84.6 Å². The van der Waals surface area contributed by atoms with E-state index in [2.05, 4.69) is 10.3 Å². The number of aliphatic imine (C=N–C) groups is 1. The highest BCUT2D eigenvalue weighted by atomic mass is 32.3. The van der Waals surface area contributed by atoms with Crippen LogP contribution in [0.5, 0.6) is 0 Å². The fourth-order valence-electron chi connectivity index (χ4n) is 1.63. The first-order valence-electron chi connectivity index (χ1n) is 5.45. The molecule has 0 radical (unpaired) electrons. The number of benzene rings is 1.